The van der Waals surface area contributed by atoms with Gasteiger partial charge in [-0.1, -0.05) is 6.08 Å². The number of allylic oxidation sites excluding steroid dienone is 1. The minimum Gasteiger partial charge on any atom is -0.481 e. The van der Waals surface area contributed by atoms with Crippen LogP contribution in [0.4, 0.5) is 74.6 Å². The zero-order valence-electron chi connectivity index (χ0n) is 19.1. The third-order valence-electron chi connectivity index (χ3n) is 6.13. The molecule has 1 fully saturated rings. The Bertz CT molecular complexity index is 1240. The van der Waals surface area contributed by atoms with E-state index in [2.05, 4.69) is 0 Å². The number of halogens is 17. The number of carboxylic acids is 2. The quantitative estimate of drug-likeness (QED) is 0.210. The van der Waals surface area contributed by atoms with E-state index in [9.17, 15) is 92.6 Å². The molecule has 2 unspecified atom stereocenters. The fourth-order valence-corrected chi connectivity index (χ4v) is 4.21. The minimum atomic E-state index is -8.89. The van der Waals surface area contributed by atoms with Crippen LogP contribution in [0.2, 0.25) is 0 Å². The lowest BCUT2D eigenvalue weighted by molar-refractivity contribution is -0.458. The summed E-state index contributed by atoms with van der Waals surface area (Å²) < 4.78 is 242. The summed E-state index contributed by atoms with van der Waals surface area (Å²) in [6.45, 7) is 0. The third-order valence-corrected chi connectivity index (χ3v) is 7.03. The summed E-state index contributed by atoms with van der Waals surface area (Å²) in [6, 6.07) is 0. The van der Waals surface area contributed by atoms with Crippen LogP contribution in [0.3, 0.4) is 0 Å². The van der Waals surface area contributed by atoms with Crippen molar-refractivity contribution in [1.29, 1.82) is 0 Å². The van der Waals surface area contributed by atoms with Crippen LogP contribution in [0.15, 0.2) is 11.6 Å². The SMILES string of the molecule is O=C(O)C1=CC2CCC1(C(=O)O)C2.O=S(=O)(O)C(F)(F)C(F)(F)C(F)(F)C(F)(F)C(F)(F)C(F)(F)C(F)(F)C(F)(F)F. The molecule has 2 bridgehead atoms. The molecule has 0 amide bonds. The van der Waals surface area contributed by atoms with Gasteiger partial charge in [-0.05, 0) is 25.2 Å². The van der Waals surface area contributed by atoms with Gasteiger partial charge in [0.15, 0.2) is 0 Å². The predicted octanol–water partition coefficient (Wildman–Crippen LogP) is 5.72. The van der Waals surface area contributed by atoms with E-state index in [1.165, 1.54) is 0 Å². The highest BCUT2D eigenvalue weighted by Gasteiger charge is 2.96. The second kappa shape index (κ2) is 9.97. The van der Waals surface area contributed by atoms with Crippen LogP contribution in [-0.2, 0) is 19.7 Å². The molecule has 7 nitrogen and oxygen atoms in total. The fraction of sp³-hybridized carbons (Fsp3) is 0.765. The Morgan fingerprint density at radius 2 is 1.05 bits per heavy atom. The first-order valence-electron chi connectivity index (χ1n) is 9.93. The van der Waals surface area contributed by atoms with Gasteiger partial charge in [0.1, 0.15) is 5.41 Å². The average Bonchev–Trinajstić information content (AvgIpc) is 3.38. The zero-order chi connectivity index (χ0) is 34.1. The second-order valence-corrected chi connectivity index (χ2v) is 10.2. The van der Waals surface area contributed by atoms with Crippen molar-refractivity contribution >= 4 is 22.1 Å². The van der Waals surface area contributed by atoms with Crippen molar-refractivity contribution < 1.29 is 107 Å². The van der Waals surface area contributed by atoms with Gasteiger partial charge in [0, 0.05) is 0 Å². The van der Waals surface area contributed by atoms with Crippen molar-refractivity contribution in [3.05, 3.63) is 11.6 Å². The normalized spacial score (nSPS) is 22.8. The highest BCUT2D eigenvalue weighted by atomic mass is 32.2. The van der Waals surface area contributed by atoms with Crippen LogP contribution >= 0.6 is 0 Å². The fourth-order valence-electron chi connectivity index (χ4n) is 3.76. The van der Waals surface area contributed by atoms with E-state index in [0.717, 1.165) is 6.42 Å². The van der Waals surface area contributed by atoms with Crippen molar-refractivity contribution in [2.24, 2.45) is 11.3 Å². The summed E-state index contributed by atoms with van der Waals surface area (Å²) in [7, 11) is -7.89. The molecule has 0 spiro atoms. The molecule has 2 aliphatic carbocycles. The summed E-state index contributed by atoms with van der Waals surface area (Å²) in [6.07, 6.45) is -4.51. The van der Waals surface area contributed by atoms with Gasteiger partial charge in [0.2, 0.25) is 0 Å². The number of hydrogen-bond acceptors (Lipinski definition) is 4. The summed E-state index contributed by atoms with van der Waals surface area (Å²) in [5.74, 6) is -53.9. The number of carbonyl (C=O) groups is 2. The lowest BCUT2D eigenvalue weighted by atomic mass is 9.80. The van der Waals surface area contributed by atoms with E-state index in [0.29, 0.717) is 12.8 Å². The van der Waals surface area contributed by atoms with Crippen molar-refractivity contribution in [1.82, 2.24) is 0 Å². The summed E-state index contributed by atoms with van der Waals surface area (Å²) in [5, 5.41) is 9.98. The van der Waals surface area contributed by atoms with Gasteiger partial charge in [-0.15, -0.1) is 0 Å². The van der Waals surface area contributed by atoms with Crippen LogP contribution in [0.25, 0.3) is 0 Å². The van der Waals surface area contributed by atoms with E-state index < -0.39 is 74.4 Å². The topological polar surface area (TPSA) is 129 Å². The summed E-state index contributed by atoms with van der Waals surface area (Å²) in [5.41, 5.74) is -0.979. The van der Waals surface area contributed by atoms with E-state index in [1.54, 1.807) is 6.08 Å². The molecule has 3 N–H and O–H groups in total. The molecule has 0 radical (unpaired) electrons. The Morgan fingerprint density at radius 1 is 0.690 bits per heavy atom. The first-order valence-corrected chi connectivity index (χ1v) is 11.4. The minimum absolute atomic E-state index is 0.0938. The Kier molecular flexibility index (Phi) is 8.88. The van der Waals surface area contributed by atoms with Gasteiger partial charge in [0.25, 0.3) is 0 Å². The smallest absolute Gasteiger partial charge is 0.460 e. The molecule has 2 aliphatic rings. The van der Waals surface area contributed by atoms with Crippen molar-refractivity contribution in [2.45, 2.75) is 66.2 Å². The molecule has 0 aromatic heterocycles. The molecular formula is C17H11F17O7S. The monoisotopic (exact) mass is 682 g/mol. The number of alkyl halides is 17. The molecule has 2 atom stereocenters. The molecule has 42 heavy (non-hydrogen) atoms. The first kappa shape index (κ1) is 37.4. The zero-order valence-corrected chi connectivity index (χ0v) is 19.9. The molecule has 25 heteroatoms. The molecule has 0 heterocycles. The first-order chi connectivity index (χ1) is 18.1. The van der Waals surface area contributed by atoms with E-state index in [-0.39, 0.29) is 11.5 Å². The van der Waals surface area contributed by atoms with Crippen LogP contribution in [0.5, 0.6) is 0 Å². The molecule has 0 saturated heterocycles. The molecule has 0 aromatic carbocycles. The Hall–Kier alpha value is -2.60. The second-order valence-electron chi connectivity index (χ2n) is 8.71. The standard InChI is InChI=1S/C9H10O4.C8HF17O3S/c10-7(11)6-3-5-1-2-9(6,4-5)8(12)13;9-1(10,3(13,14)5(17,18)7(21,22)23)2(11,12)4(15,16)6(19,20)8(24,25)29(26,27)28/h3,5H,1-2,4H2,(H,10,11)(H,12,13);(H,26,27,28). The van der Waals surface area contributed by atoms with Crippen LogP contribution in [-0.4, -0.2) is 82.1 Å². The molecule has 0 aromatic rings. The lowest BCUT2D eigenvalue weighted by Gasteiger charge is -2.42. The number of rotatable bonds is 9. The lowest BCUT2D eigenvalue weighted by Crippen LogP contribution is -2.74. The number of fused-ring (bicyclic) bond motifs is 2. The van der Waals surface area contributed by atoms with Crippen LogP contribution < -0.4 is 0 Å². The van der Waals surface area contributed by atoms with Crippen molar-refractivity contribution in [3.8, 4) is 0 Å². The third kappa shape index (κ3) is 4.92. The summed E-state index contributed by atoms with van der Waals surface area (Å²) >= 11 is 0. The van der Waals surface area contributed by atoms with Crippen LogP contribution in [0, 0.1) is 11.3 Å². The predicted molar refractivity (Wildman–Crippen MR) is 95.4 cm³/mol. The molecule has 246 valence electrons. The molecule has 1 saturated carbocycles. The highest BCUT2D eigenvalue weighted by molar-refractivity contribution is 7.87. The van der Waals surface area contributed by atoms with E-state index >= 15 is 0 Å². The van der Waals surface area contributed by atoms with Gasteiger partial charge in [-0.2, -0.15) is 83.1 Å². The van der Waals surface area contributed by atoms with Gasteiger partial charge in [0.05, 0.1) is 5.57 Å². The van der Waals surface area contributed by atoms with Gasteiger partial charge >= 0.3 is 69.0 Å². The van der Waals surface area contributed by atoms with Crippen molar-refractivity contribution in [3.63, 3.8) is 0 Å². The Morgan fingerprint density at radius 3 is 1.31 bits per heavy atom. The highest BCUT2D eigenvalue weighted by Crippen LogP contribution is 2.64. The maximum absolute atomic E-state index is 13.0. The Balaban J connectivity index is 0.000000554. The maximum Gasteiger partial charge on any atom is 0.460 e. The summed E-state index contributed by atoms with van der Waals surface area (Å²) in [4.78, 5) is 21.8. The molecule has 2 rings (SSSR count). The number of aliphatic carboxylic acids is 2. The van der Waals surface area contributed by atoms with Crippen molar-refractivity contribution in [2.75, 3.05) is 0 Å². The van der Waals surface area contributed by atoms with Crippen LogP contribution in [0.1, 0.15) is 19.3 Å². The Labute approximate surface area is 219 Å². The van der Waals surface area contributed by atoms with Gasteiger partial charge in [-0.3, -0.25) is 9.35 Å². The largest absolute Gasteiger partial charge is 0.481 e. The number of hydrogen-bond donors (Lipinski definition) is 3. The van der Waals surface area contributed by atoms with Gasteiger partial charge < -0.3 is 10.2 Å². The van der Waals surface area contributed by atoms with Gasteiger partial charge in [-0.25, -0.2) is 4.79 Å². The van der Waals surface area contributed by atoms with E-state index in [1.807, 2.05) is 0 Å². The van der Waals surface area contributed by atoms with E-state index in [4.69, 9.17) is 14.8 Å². The molecular weight excluding hydrogens is 671 g/mol. The average molecular weight is 682 g/mol. The molecule has 0 aliphatic heterocycles. The number of carboxylic acid groups (broad SMARTS) is 2. The maximum atomic E-state index is 13.0.